The third kappa shape index (κ3) is 0.621. The van der Waals surface area contributed by atoms with Crippen LogP contribution in [-0.4, -0.2) is 15.0 Å². The van der Waals surface area contributed by atoms with Crippen molar-refractivity contribution in [2.45, 2.75) is 0 Å². The Balaban J connectivity index is 2.86. The van der Waals surface area contributed by atoms with Crippen LogP contribution in [0.25, 0.3) is 11.2 Å². The number of rotatable bonds is 0. The Bertz CT molecular complexity index is 355. The summed E-state index contributed by atoms with van der Waals surface area (Å²) in [5.74, 6) is -0.100. The van der Waals surface area contributed by atoms with Crippen LogP contribution in [0.2, 0.25) is 0 Å². The summed E-state index contributed by atoms with van der Waals surface area (Å²) >= 11 is 0. The molecule has 2 rings (SSSR count). The average Bonchev–Trinajstić information content (AvgIpc) is 2.33. The van der Waals surface area contributed by atoms with Gasteiger partial charge in [0.1, 0.15) is 0 Å². The molecule has 0 fully saturated rings. The lowest BCUT2D eigenvalue weighted by Crippen LogP contribution is -1.73. The molecule has 0 spiro atoms. The molecule has 0 aliphatic carbocycles. The van der Waals surface area contributed by atoms with Crippen LogP contribution in [0.5, 0.6) is 5.75 Å². The minimum atomic E-state index is -0.100. The molecular formula is C6H4N3O. The van der Waals surface area contributed by atoms with Gasteiger partial charge >= 0.3 is 0 Å². The van der Waals surface area contributed by atoms with E-state index >= 15 is 0 Å². The van der Waals surface area contributed by atoms with Gasteiger partial charge in [0.05, 0.1) is 18.0 Å². The predicted molar refractivity (Wildman–Crippen MR) is 34.0 cm³/mol. The molecule has 0 unspecified atom stereocenters. The number of H-pyrrole nitrogens is 1. The van der Waals surface area contributed by atoms with Gasteiger partial charge in [-0.1, -0.05) is 0 Å². The molecule has 0 saturated heterocycles. The molecule has 2 aromatic rings. The molecule has 10 heavy (non-hydrogen) atoms. The number of nitrogens with one attached hydrogen (secondary N) is 1. The first-order chi connectivity index (χ1) is 4.86. The molecule has 49 valence electrons. The second-order valence-electron chi connectivity index (χ2n) is 1.94. The van der Waals surface area contributed by atoms with Crippen molar-refractivity contribution in [1.29, 1.82) is 0 Å². The third-order valence-corrected chi connectivity index (χ3v) is 1.25. The summed E-state index contributed by atoms with van der Waals surface area (Å²) in [6.45, 7) is 0. The highest BCUT2D eigenvalue weighted by molar-refractivity contribution is 5.70. The van der Waals surface area contributed by atoms with Crippen molar-refractivity contribution in [3.63, 3.8) is 0 Å². The fourth-order valence-electron chi connectivity index (χ4n) is 0.810. The lowest BCUT2D eigenvalue weighted by molar-refractivity contribution is 0.354. The highest BCUT2D eigenvalue weighted by atomic mass is 16.3. The molecule has 0 aromatic carbocycles. The van der Waals surface area contributed by atoms with Crippen LogP contribution in [0, 0.1) is 0 Å². The van der Waals surface area contributed by atoms with E-state index in [9.17, 15) is 5.11 Å². The minimum Gasteiger partial charge on any atom is -0.343 e. The normalized spacial score (nSPS) is 10.4. The fraction of sp³-hybridized carbons (Fsp3) is 0. The first-order valence-corrected chi connectivity index (χ1v) is 2.82. The standard InChI is InChI=1S/C6H4N3O/c10-4-1-5-6(7-2-4)9-3-8-5/h1-3H,(H,7,8,9). The Labute approximate surface area is 56.6 Å². The van der Waals surface area contributed by atoms with Crippen LogP contribution < -0.4 is 0 Å². The van der Waals surface area contributed by atoms with Crippen molar-refractivity contribution in [3.8, 4) is 5.75 Å². The van der Waals surface area contributed by atoms with Gasteiger partial charge in [0.15, 0.2) is 11.4 Å². The van der Waals surface area contributed by atoms with Crippen LogP contribution in [0.3, 0.4) is 0 Å². The first kappa shape index (κ1) is 5.22. The summed E-state index contributed by atoms with van der Waals surface area (Å²) < 4.78 is 0. The minimum absolute atomic E-state index is 0.100. The zero-order chi connectivity index (χ0) is 6.97. The monoisotopic (exact) mass is 134 g/mol. The molecule has 0 aliphatic rings. The van der Waals surface area contributed by atoms with E-state index in [4.69, 9.17) is 0 Å². The smallest absolute Gasteiger partial charge is 0.199 e. The van der Waals surface area contributed by atoms with Crippen molar-refractivity contribution >= 4 is 11.2 Å². The third-order valence-electron chi connectivity index (χ3n) is 1.25. The predicted octanol–water partition coefficient (Wildman–Crippen LogP) is 1.10. The largest absolute Gasteiger partial charge is 0.343 e. The number of hydrogen-bond acceptors (Lipinski definition) is 2. The number of fused-ring (bicyclic) bond motifs is 1. The van der Waals surface area contributed by atoms with Crippen LogP contribution in [0.15, 0.2) is 18.6 Å². The molecule has 0 aliphatic heterocycles. The van der Waals surface area contributed by atoms with E-state index in [1.165, 1.54) is 18.6 Å². The van der Waals surface area contributed by atoms with Crippen molar-refractivity contribution < 1.29 is 5.11 Å². The van der Waals surface area contributed by atoms with Crippen molar-refractivity contribution in [2.24, 2.45) is 0 Å². The number of imidazole rings is 1. The molecule has 0 amide bonds. The van der Waals surface area contributed by atoms with E-state index in [1.807, 2.05) is 0 Å². The summed E-state index contributed by atoms with van der Waals surface area (Å²) in [5.41, 5.74) is 1.27. The van der Waals surface area contributed by atoms with Crippen LogP contribution in [-0.2, 0) is 5.11 Å². The highest BCUT2D eigenvalue weighted by Crippen LogP contribution is 2.12. The van der Waals surface area contributed by atoms with Gasteiger partial charge in [0, 0.05) is 6.07 Å². The molecule has 2 heterocycles. The number of aromatic amines is 1. The molecule has 2 aromatic heterocycles. The van der Waals surface area contributed by atoms with E-state index in [2.05, 4.69) is 15.0 Å². The molecule has 4 nitrogen and oxygen atoms in total. The summed E-state index contributed by atoms with van der Waals surface area (Å²) in [7, 11) is 0. The lowest BCUT2D eigenvalue weighted by atomic mass is 10.4. The average molecular weight is 134 g/mol. The molecule has 4 heteroatoms. The lowest BCUT2D eigenvalue weighted by Gasteiger charge is -1.84. The van der Waals surface area contributed by atoms with E-state index in [0.29, 0.717) is 11.2 Å². The van der Waals surface area contributed by atoms with E-state index in [0.717, 1.165) is 0 Å². The maximum absolute atomic E-state index is 10.7. The maximum atomic E-state index is 10.7. The maximum Gasteiger partial charge on any atom is 0.199 e. The van der Waals surface area contributed by atoms with Crippen LogP contribution in [0.4, 0.5) is 0 Å². The molecular weight excluding hydrogens is 130 g/mol. The van der Waals surface area contributed by atoms with E-state index < -0.39 is 0 Å². The van der Waals surface area contributed by atoms with E-state index in [1.54, 1.807) is 0 Å². The molecule has 0 saturated carbocycles. The van der Waals surface area contributed by atoms with Gasteiger partial charge in [-0.15, -0.1) is 0 Å². The SMILES string of the molecule is [O]c1cnc2nc[nH]c2c1. The van der Waals surface area contributed by atoms with Crippen molar-refractivity contribution in [2.75, 3.05) is 0 Å². The Morgan fingerprint density at radius 1 is 1.40 bits per heavy atom. The van der Waals surface area contributed by atoms with E-state index in [-0.39, 0.29) is 5.75 Å². The fourth-order valence-corrected chi connectivity index (χ4v) is 0.810. The second kappa shape index (κ2) is 1.70. The Morgan fingerprint density at radius 3 is 3.20 bits per heavy atom. The highest BCUT2D eigenvalue weighted by Gasteiger charge is 1.97. The van der Waals surface area contributed by atoms with Gasteiger partial charge < -0.3 is 4.98 Å². The summed E-state index contributed by atoms with van der Waals surface area (Å²) in [5, 5.41) is 10.7. The molecule has 0 atom stereocenters. The van der Waals surface area contributed by atoms with Crippen LogP contribution in [0.1, 0.15) is 0 Å². The van der Waals surface area contributed by atoms with Gasteiger partial charge in [-0.2, -0.15) is 0 Å². The van der Waals surface area contributed by atoms with Crippen LogP contribution >= 0.6 is 0 Å². The zero-order valence-electron chi connectivity index (χ0n) is 5.03. The number of pyridine rings is 1. The number of aromatic nitrogens is 3. The molecule has 1 N–H and O–H groups in total. The Kier molecular flexibility index (Phi) is 0.887. The number of nitrogens with zero attached hydrogens (tertiary/aromatic N) is 2. The zero-order valence-corrected chi connectivity index (χ0v) is 5.03. The summed E-state index contributed by atoms with van der Waals surface area (Å²) in [4.78, 5) is 10.4. The van der Waals surface area contributed by atoms with Gasteiger partial charge in [0.2, 0.25) is 0 Å². The Hall–Kier alpha value is -1.58. The summed E-state index contributed by atoms with van der Waals surface area (Å²) in [6, 6.07) is 1.47. The van der Waals surface area contributed by atoms with Gasteiger partial charge in [0.25, 0.3) is 0 Å². The van der Waals surface area contributed by atoms with Gasteiger partial charge in [-0.3, -0.25) is 5.11 Å². The van der Waals surface area contributed by atoms with Crippen molar-refractivity contribution in [3.05, 3.63) is 18.6 Å². The first-order valence-electron chi connectivity index (χ1n) is 2.82. The van der Waals surface area contributed by atoms with Gasteiger partial charge in [-0.05, 0) is 0 Å². The molecule has 1 radical (unpaired) electrons. The quantitative estimate of drug-likeness (QED) is 0.586. The summed E-state index contributed by atoms with van der Waals surface area (Å²) in [6.07, 6.45) is 2.76. The molecule has 0 bridgehead atoms. The van der Waals surface area contributed by atoms with Gasteiger partial charge in [-0.25, -0.2) is 9.97 Å². The topological polar surface area (TPSA) is 61.5 Å². The number of hydrogen-bond donors (Lipinski definition) is 1. The Morgan fingerprint density at radius 2 is 2.30 bits per heavy atom. The second-order valence-corrected chi connectivity index (χ2v) is 1.94. The van der Waals surface area contributed by atoms with Crippen molar-refractivity contribution in [1.82, 2.24) is 15.0 Å².